The van der Waals surface area contributed by atoms with Crippen molar-refractivity contribution in [3.8, 4) is 0 Å². The van der Waals surface area contributed by atoms with Gasteiger partial charge in [-0.15, -0.1) is 6.58 Å². The van der Waals surface area contributed by atoms with E-state index < -0.39 is 11.7 Å². The van der Waals surface area contributed by atoms with Crippen LogP contribution in [0.5, 0.6) is 0 Å². The first-order chi connectivity index (χ1) is 8.65. The van der Waals surface area contributed by atoms with Gasteiger partial charge in [0.2, 0.25) is 0 Å². The van der Waals surface area contributed by atoms with E-state index in [1.54, 1.807) is 26.8 Å². The van der Waals surface area contributed by atoms with Crippen LogP contribution in [0.2, 0.25) is 0 Å². The highest BCUT2D eigenvalue weighted by Crippen LogP contribution is 2.11. The molecule has 0 spiro atoms. The van der Waals surface area contributed by atoms with Gasteiger partial charge in [-0.25, -0.2) is 4.79 Å². The zero-order valence-electron chi connectivity index (χ0n) is 12.2. The Balaban J connectivity index is 4.47. The van der Waals surface area contributed by atoms with Crippen LogP contribution < -0.4 is 0 Å². The first-order valence-corrected chi connectivity index (χ1v) is 6.04. The van der Waals surface area contributed by atoms with Gasteiger partial charge >= 0.3 is 12.1 Å². The van der Waals surface area contributed by atoms with Gasteiger partial charge < -0.3 is 14.4 Å². The van der Waals surface area contributed by atoms with Crippen molar-refractivity contribution in [2.24, 2.45) is 0 Å². The van der Waals surface area contributed by atoms with Gasteiger partial charge in [0.1, 0.15) is 12.2 Å². The molecule has 108 valence electrons. The number of rotatable bonds is 6. The summed E-state index contributed by atoms with van der Waals surface area (Å²) in [5.74, 6) is -0.381. The molecule has 0 aliphatic carbocycles. The highest BCUT2D eigenvalue weighted by Gasteiger charge is 2.21. The Bertz CT molecular complexity index is 355. The first-order valence-electron chi connectivity index (χ1n) is 6.04. The second-order valence-corrected chi connectivity index (χ2v) is 5.18. The van der Waals surface area contributed by atoms with Crippen LogP contribution in [-0.2, 0) is 14.3 Å². The molecule has 0 heterocycles. The molecular weight excluding hydrogens is 246 g/mol. The number of nitrogens with zero attached hydrogens (tertiary/aromatic N) is 1. The third kappa shape index (κ3) is 8.88. The highest BCUT2D eigenvalue weighted by atomic mass is 16.6. The lowest BCUT2D eigenvalue weighted by molar-refractivity contribution is -0.140. The maximum atomic E-state index is 11.9. The second kappa shape index (κ2) is 7.61. The topological polar surface area (TPSA) is 55.8 Å². The van der Waals surface area contributed by atoms with Crippen LogP contribution in [0.1, 0.15) is 27.7 Å². The molecule has 0 bridgehead atoms. The summed E-state index contributed by atoms with van der Waals surface area (Å²) in [7, 11) is 0. The van der Waals surface area contributed by atoms with E-state index in [0.29, 0.717) is 12.1 Å². The zero-order chi connectivity index (χ0) is 15.1. The van der Waals surface area contributed by atoms with E-state index >= 15 is 0 Å². The van der Waals surface area contributed by atoms with Crippen molar-refractivity contribution in [3.05, 3.63) is 24.8 Å². The summed E-state index contributed by atoms with van der Waals surface area (Å²) >= 11 is 0. The van der Waals surface area contributed by atoms with Gasteiger partial charge in [0, 0.05) is 20.0 Å². The molecule has 0 saturated carbocycles. The smallest absolute Gasteiger partial charge is 0.410 e. The fourth-order valence-corrected chi connectivity index (χ4v) is 1.21. The largest absolute Gasteiger partial charge is 0.461 e. The molecule has 0 aromatic rings. The predicted octanol–water partition coefficient (Wildman–Crippen LogP) is 2.53. The summed E-state index contributed by atoms with van der Waals surface area (Å²) in [6, 6.07) is 0. The van der Waals surface area contributed by atoms with Crippen LogP contribution in [-0.4, -0.2) is 42.3 Å². The Morgan fingerprint density at radius 3 is 2.32 bits per heavy atom. The van der Waals surface area contributed by atoms with Crippen LogP contribution in [0.4, 0.5) is 4.79 Å². The molecule has 0 aliphatic rings. The summed E-state index contributed by atoms with van der Waals surface area (Å²) in [4.78, 5) is 24.1. The van der Waals surface area contributed by atoms with E-state index in [1.807, 2.05) is 0 Å². The van der Waals surface area contributed by atoms with Crippen molar-refractivity contribution in [1.82, 2.24) is 4.90 Å². The Kier molecular flexibility index (Phi) is 6.90. The van der Waals surface area contributed by atoms with E-state index in [0.717, 1.165) is 0 Å². The van der Waals surface area contributed by atoms with Crippen LogP contribution in [0.25, 0.3) is 0 Å². The first kappa shape index (κ1) is 17.2. The molecule has 1 amide bonds. The van der Waals surface area contributed by atoms with Crippen LogP contribution in [0, 0.1) is 0 Å². The van der Waals surface area contributed by atoms with Gasteiger partial charge in [0.05, 0.1) is 0 Å². The minimum absolute atomic E-state index is 0.0891. The number of carbonyl (C=O) groups is 2. The maximum Gasteiger partial charge on any atom is 0.410 e. The lowest BCUT2D eigenvalue weighted by atomic mass is 10.2. The molecule has 0 aliphatic heterocycles. The van der Waals surface area contributed by atoms with Crippen molar-refractivity contribution in [2.75, 3.05) is 19.7 Å². The van der Waals surface area contributed by atoms with Crippen molar-refractivity contribution < 1.29 is 19.1 Å². The predicted molar refractivity (Wildman–Crippen MR) is 73.8 cm³/mol. The molecule has 19 heavy (non-hydrogen) atoms. The fraction of sp³-hybridized carbons (Fsp3) is 0.571. The summed E-state index contributed by atoms with van der Waals surface area (Å²) in [6.07, 6.45) is 1.15. The standard InChI is InChI=1S/C14H23NO4/c1-7-8-15(13(17)19-14(4,5)6)9-11(2)10-18-12(3)16/h7H,1-2,8-10H2,3-6H3. The highest BCUT2D eigenvalue weighted by molar-refractivity contribution is 5.69. The summed E-state index contributed by atoms with van der Waals surface area (Å²) < 4.78 is 10.1. The van der Waals surface area contributed by atoms with Crippen molar-refractivity contribution in [3.63, 3.8) is 0 Å². The number of carbonyl (C=O) groups excluding carboxylic acids is 2. The molecule has 5 nitrogen and oxygen atoms in total. The fourth-order valence-electron chi connectivity index (χ4n) is 1.21. The average molecular weight is 269 g/mol. The van der Waals surface area contributed by atoms with Crippen molar-refractivity contribution >= 4 is 12.1 Å². The molecule has 0 unspecified atom stereocenters. The van der Waals surface area contributed by atoms with Gasteiger partial charge in [-0.2, -0.15) is 0 Å². The minimum atomic E-state index is -0.562. The lowest BCUT2D eigenvalue weighted by Gasteiger charge is -2.27. The minimum Gasteiger partial charge on any atom is -0.461 e. The van der Waals surface area contributed by atoms with Gasteiger partial charge in [0.15, 0.2) is 0 Å². The SMILES string of the molecule is C=CCN(CC(=C)COC(C)=O)C(=O)OC(C)(C)C. The normalized spacial score (nSPS) is 10.5. The Labute approximate surface area is 114 Å². The Hall–Kier alpha value is -1.78. The number of esters is 1. The Morgan fingerprint density at radius 1 is 1.32 bits per heavy atom. The molecule has 0 aromatic heterocycles. The molecule has 0 rings (SSSR count). The molecular formula is C14H23NO4. The number of hydrogen-bond acceptors (Lipinski definition) is 4. The van der Waals surface area contributed by atoms with E-state index in [9.17, 15) is 9.59 Å². The van der Waals surface area contributed by atoms with Crippen LogP contribution >= 0.6 is 0 Å². The Morgan fingerprint density at radius 2 is 1.89 bits per heavy atom. The molecule has 0 N–H and O–H groups in total. The van der Waals surface area contributed by atoms with Gasteiger partial charge in [-0.3, -0.25) is 4.79 Å². The molecule has 0 radical (unpaired) electrons. The van der Waals surface area contributed by atoms with Crippen LogP contribution in [0.3, 0.4) is 0 Å². The molecule has 0 saturated heterocycles. The summed E-state index contributed by atoms with van der Waals surface area (Å²) in [5.41, 5.74) is 0.0520. The van der Waals surface area contributed by atoms with Crippen LogP contribution in [0.15, 0.2) is 24.8 Å². The third-order valence-corrected chi connectivity index (χ3v) is 1.90. The second-order valence-electron chi connectivity index (χ2n) is 5.18. The number of amides is 1. The van der Waals surface area contributed by atoms with Crippen molar-refractivity contribution in [1.29, 1.82) is 0 Å². The zero-order valence-corrected chi connectivity index (χ0v) is 12.2. The van der Waals surface area contributed by atoms with E-state index in [-0.39, 0.29) is 19.1 Å². The van der Waals surface area contributed by atoms with E-state index in [2.05, 4.69) is 13.2 Å². The van der Waals surface area contributed by atoms with Gasteiger partial charge in [-0.1, -0.05) is 12.7 Å². The molecule has 0 aromatic carbocycles. The van der Waals surface area contributed by atoms with Gasteiger partial charge in [-0.05, 0) is 26.3 Å². The number of hydrogen-bond donors (Lipinski definition) is 0. The molecule has 0 fully saturated rings. The van der Waals surface area contributed by atoms with E-state index in [4.69, 9.17) is 9.47 Å². The quantitative estimate of drug-likeness (QED) is 0.549. The number of ether oxygens (including phenoxy) is 2. The summed E-state index contributed by atoms with van der Waals surface area (Å²) in [6.45, 7) is 14.8. The molecule has 0 atom stereocenters. The maximum absolute atomic E-state index is 11.9. The lowest BCUT2D eigenvalue weighted by Crippen LogP contribution is -2.38. The summed E-state index contributed by atoms with van der Waals surface area (Å²) in [5, 5.41) is 0. The van der Waals surface area contributed by atoms with E-state index in [1.165, 1.54) is 11.8 Å². The monoisotopic (exact) mass is 269 g/mol. The van der Waals surface area contributed by atoms with Gasteiger partial charge in [0.25, 0.3) is 0 Å². The molecule has 5 heteroatoms. The average Bonchev–Trinajstić information content (AvgIpc) is 2.23. The van der Waals surface area contributed by atoms with Crippen molar-refractivity contribution in [2.45, 2.75) is 33.3 Å². The third-order valence-electron chi connectivity index (χ3n) is 1.90.